The van der Waals surface area contributed by atoms with Crippen LogP contribution in [0.2, 0.25) is 0 Å². The first-order chi connectivity index (χ1) is 27.3. The second kappa shape index (κ2) is 11.6. The molecule has 0 fully saturated rings. The van der Waals surface area contributed by atoms with E-state index in [1.807, 2.05) is 11.3 Å². The molecule has 0 saturated heterocycles. The van der Waals surface area contributed by atoms with Gasteiger partial charge in [-0.1, -0.05) is 164 Å². The third-order valence-electron chi connectivity index (χ3n) is 12.1. The molecule has 10 aromatic rings. The molecule has 0 N–H and O–H groups in total. The molecule has 0 aliphatic heterocycles. The van der Waals surface area contributed by atoms with Crippen LogP contribution in [0, 0.1) is 0 Å². The monoisotopic (exact) mass is 715 g/mol. The lowest BCUT2D eigenvalue weighted by Gasteiger charge is -2.36. The average Bonchev–Trinajstić information content (AvgIpc) is 3.75. The van der Waals surface area contributed by atoms with Crippen molar-refractivity contribution >= 4 is 59.3 Å². The first kappa shape index (κ1) is 30.7. The Kier molecular flexibility index (Phi) is 6.49. The van der Waals surface area contributed by atoms with Crippen molar-refractivity contribution in [2.75, 3.05) is 4.90 Å². The van der Waals surface area contributed by atoms with E-state index in [1.54, 1.807) is 0 Å². The molecule has 0 saturated carbocycles. The normalized spacial score (nSPS) is 15.0. The highest BCUT2D eigenvalue weighted by atomic mass is 32.1. The van der Waals surface area contributed by atoms with Crippen LogP contribution in [0.1, 0.15) is 22.3 Å². The summed E-state index contributed by atoms with van der Waals surface area (Å²) in [5, 5.41) is 5.11. The molecule has 0 amide bonds. The Labute approximate surface area is 324 Å². The maximum absolute atomic E-state index is 2.47. The topological polar surface area (TPSA) is 3.24 Å². The molecule has 9 aromatic carbocycles. The van der Waals surface area contributed by atoms with E-state index in [0.717, 1.165) is 17.1 Å². The second-order valence-corrected chi connectivity index (χ2v) is 15.8. The Morgan fingerprint density at radius 1 is 0.364 bits per heavy atom. The van der Waals surface area contributed by atoms with Crippen molar-refractivity contribution in [2.45, 2.75) is 5.41 Å². The van der Waals surface area contributed by atoms with Gasteiger partial charge in [-0.25, -0.2) is 0 Å². The molecular formula is C53H33NS. The standard InChI is InChI=1S/C53H33NS/c1-2-17-35(18-3-1)54(49-27-14-16-34-15-4-5-19-37(34)49)36-29-31-47-44(33-36)39-21-7-6-20-38(39)40-22-8-11-25-45(40)53(47)46-26-12-9-24-43(46)51-48(53)32-30-42-41-23-10-13-28-50(41)55-52(42)51/h1-33H. The van der Waals surface area contributed by atoms with E-state index in [2.05, 4.69) is 205 Å². The number of benzene rings is 9. The van der Waals surface area contributed by atoms with Gasteiger partial charge < -0.3 is 4.90 Å². The number of para-hydroxylation sites is 1. The highest BCUT2D eigenvalue weighted by molar-refractivity contribution is 7.26. The molecule has 1 unspecified atom stereocenters. The number of hydrogen-bond donors (Lipinski definition) is 0. The third-order valence-corrected chi connectivity index (χ3v) is 13.3. The Morgan fingerprint density at radius 3 is 1.80 bits per heavy atom. The number of thiophene rings is 1. The van der Waals surface area contributed by atoms with Crippen molar-refractivity contribution in [2.24, 2.45) is 0 Å². The van der Waals surface area contributed by atoms with Gasteiger partial charge in [-0.15, -0.1) is 11.3 Å². The van der Waals surface area contributed by atoms with Gasteiger partial charge in [0.25, 0.3) is 0 Å². The Bertz CT molecular complexity index is 3170. The van der Waals surface area contributed by atoms with E-state index in [0.29, 0.717) is 0 Å². The zero-order chi connectivity index (χ0) is 36.1. The quantitative estimate of drug-likeness (QED) is 0.176. The van der Waals surface area contributed by atoms with Crippen LogP contribution >= 0.6 is 11.3 Å². The van der Waals surface area contributed by atoms with Crippen LogP contribution in [0.4, 0.5) is 17.1 Å². The Morgan fingerprint density at radius 2 is 0.964 bits per heavy atom. The van der Waals surface area contributed by atoms with Crippen LogP contribution in [-0.4, -0.2) is 0 Å². The van der Waals surface area contributed by atoms with Crippen molar-refractivity contribution in [3.63, 3.8) is 0 Å². The molecule has 0 bridgehead atoms. The van der Waals surface area contributed by atoms with Gasteiger partial charge in [0.15, 0.2) is 0 Å². The maximum Gasteiger partial charge on any atom is 0.0726 e. The van der Waals surface area contributed by atoms with Crippen molar-refractivity contribution in [3.05, 3.63) is 222 Å². The van der Waals surface area contributed by atoms with Crippen LogP contribution in [0.5, 0.6) is 0 Å². The van der Waals surface area contributed by atoms with Gasteiger partial charge in [-0.05, 0) is 91.9 Å². The van der Waals surface area contributed by atoms with Crippen LogP contribution in [-0.2, 0) is 5.41 Å². The van der Waals surface area contributed by atoms with E-state index in [-0.39, 0.29) is 0 Å². The minimum absolute atomic E-state index is 0.545. The molecule has 2 aliphatic rings. The van der Waals surface area contributed by atoms with Gasteiger partial charge in [0.2, 0.25) is 0 Å². The van der Waals surface area contributed by atoms with E-state index in [4.69, 9.17) is 0 Å². The second-order valence-electron chi connectivity index (χ2n) is 14.7. The van der Waals surface area contributed by atoms with Crippen molar-refractivity contribution in [1.29, 1.82) is 0 Å². The smallest absolute Gasteiger partial charge is 0.0726 e. The summed E-state index contributed by atoms with van der Waals surface area (Å²) in [6.45, 7) is 0. The molecule has 1 aromatic heterocycles. The van der Waals surface area contributed by atoms with E-state index in [1.165, 1.54) is 86.6 Å². The summed E-state index contributed by atoms with van der Waals surface area (Å²) in [6.07, 6.45) is 0. The molecular weight excluding hydrogens is 683 g/mol. The number of hydrogen-bond acceptors (Lipinski definition) is 2. The number of nitrogens with zero attached hydrogens (tertiary/aromatic N) is 1. The van der Waals surface area contributed by atoms with E-state index in [9.17, 15) is 0 Å². The molecule has 0 radical (unpaired) electrons. The Hall–Kier alpha value is -6.74. The predicted molar refractivity (Wildman–Crippen MR) is 233 cm³/mol. The van der Waals surface area contributed by atoms with Gasteiger partial charge in [0.05, 0.1) is 11.1 Å². The molecule has 1 heterocycles. The van der Waals surface area contributed by atoms with E-state index >= 15 is 0 Å². The summed E-state index contributed by atoms with van der Waals surface area (Å²) < 4.78 is 2.70. The zero-order valence-electron chi connectivity index (χ0n) is 29.9. The molecule has 2 aliphatic carbocycles. The summed E-state index contributed by atoms with van der Waals surface area (Å²) in [5.41, 5.74) is 16.0. The fraction of sp³-hybridized carbons (Fsp3) is 0.0189. The number of rotatable bonds is 3. The van der Waals surface area contributed by atoms with Crippen molar-refractivity contribution < 1.29 is 0 Å². The van der Waals surface area contributed by atoms with Crippen molar-refractivity contribution in [3.8, 4) is 33.4 Å². The Balaban J connectivity index is 1.22. The van der Waals surface area contributed by atoms with Crippen LogP contribution < -0.4 is 4.90 Å². The molecule has 256 valence electrons. The predicted octanol–water partition coefficient (Wildman–Crippen LogP) is 14.7. The minimum atomic E-state index is -0.545. The number of anilines is 3. The van der Waals surface area contributed by atoms with Crippen LogP contribution in [0.25, 0.3) is 64.3 Å². The zero-order valence-corrected chi connectivity index (χ0v) is 30.7. The lowest BCUT2D eigenvalue weighted by Crippen LogP contribution is -2.29. The summed E-state index contributed by atoms with van der Waals surface area (Å²) in [7, 11) is 0. The molecule has 1 atom stereocenters. The highest BCUT2D eigenvalue weighted by Gasteiger charge is 2.50. The minimum Gasteiger partial charge on any atom is -0.310 e. The number of fused-ring (bicyclic) bond motifs is 17. The molecule has 12 rings (SSSR count). The fourth-order valence-electron chi connectivity index (χ4n) is 9.89. The SMILES string of the molecule is c1ccc(N(c2ccc3c(c2)-c2ccccc2-c2ccccc2C32c3ccccc3-c3c2ccc2c3sc3ccccc32)c2cccc3ccccc23)cc1. The van der Waals surface area contributed by atoms with Gasteiger partial charge in [0.1, 0.15) is 0 Å². The first-order valence-electron chi connectivity index (χ1n) is 19.0. The summed E-state index contributed by atoms with van der Waals surface area (Å²) in [5.74, 6) is 0. The highest BCUT2D eigenvalue weighted by Crippen LogP contribution is 2.63. The fourth-order valence-corrected chi connectivity index (χ4v) is 11.2. The van der Waals surface area contributed by atoms with Crippen molar-refractivity contribution in [1.82, 2.24) is 0 Å². The lowest BCUT2D eigenvalue weighted by atomic mass is 9.66. The molecule has 1 spiro atoms. The summed E-state index contributed by atoms with van der Waals surface area (Å²) >= 11 is 1.93. The maximum atomic E-state index is 2.47. The molecule has 1 nitrogen and oxygen atoms in total. The lowest BCUT2D eigenvalue weighted by molar-refractivity contribution is 0.776. The first-order valence-corrected chi connectivity index (χ1v) is 19.8. The van der Waals surface area contributed by atoms with E-state index < -0.39 is 5.41 Å². The summed E-state index contributed by atoms with van der Waals surface area (Å²) in [6, 6.07) is 74.6. The largest absolute Gasteiger partial charge is 0.310 e. The van der Waals surface area contributed by atoms with Crippen LogP contribution in [0.15, 0.2) is 200 Å². The van der Waals surface area contributed by atoms with Gasteiger partial charge in [0, 0.05) is 42.5 Å². The van der Waals surface area contributed by atoms with Gasteiger partial charge >= 0.3 is 0 Å². The molecule has 55 heavy (non-hydrogen) atoms. The van der Waals surface area contributed by atoms with Crippen LogP contribution in [0.3, 0.4) is 0 Å². The molecule has 2 heteroatoms. The third kappa shape index (κ3) is 4.18. The van der Waals surface area contributed by atoms with Gasteiger partial charge in [-0.3, -0.25) is 0 Å². The summed E-state index contributed by atoms with van der Waals surface area (Å²) in [4.78, 5) is 2.44. The average molecular weight is 716 g/mol. The van der Waals surface area contributed by atoms with Gasteiger partial charge in [-0.2, -0.15) is 0 Å².